The molecule has 136 valence electrons. The molecule has 0 aliphatic heterocycles. The predicted molar refractivity (Wildman–Crippen MR) is 100 cm³/mol. The zero-order valence-electron chi connectivity index (χ0n) is 15.3. The molecular weight excluding hydrogens is 322 g/mol. The van der Waals surface area contributed by atoms with Crippen molar-refractivity contribution in [2.24, 2.45) is 0 Å². The minimum atomic E-state index is -0.181. The van der Waals surface area contributed by atoms with Crippen LogP contribution < -0.4 is 5.32 Å². The van der Waals surface area contributed by atoms with Gasteiger partial charge in [-0.1, -0.05) is 45.4 Å². The van der Waals surface area contributed by atoms with Gasteiger partial charge in [-0.3, -0.25) is 9.59 Å². The number of anilines is 1. The molecule has 0 aliphatic carbocycles. The van der Waals surface area contributed by atoms with Gasteiger partial charge in [-0.05, 0) is 20.3 Å². The molecule has 5 nitrogen and oxygen atoms in total. The summed E-state index contributed by atoms with van der Waals surface area (Å²) >= 11 is 1.40. The fraction of sp³-hybridized carbons (Fsp3) is 0.722. The largest absolute Gasteiger partial charge is 0.334 e. The number of carbonyl (C=O) groups excluding carboxylic acids is 2. The maximum atomic E-state index is 12.2. The summed E-state index contributed by atoms with van der Waals surface area (Å²) in [4.78, 5) is 30.1. The molecule has 0 saturated heterocycles. The van der Waals surface area contributed by atoms with Crippen LogP contribution in [0.5, 0.6) is 0 Å². The van der Waals surface area contributed by atoms with Crippen LogP contribution in [0.1, 0.15) is 70.9 Å². The predicted octanol–water partition coefficient (Wildman–Crippen LogP) is 4.38. The number of likely N-dealkylation sites (N-methyl/N-ethyl adjacent to an activating group) is 1. The second-order valence-corrected chi connectivity index (χ2v) is 6.98. The number of carbonyl (C=O) groups is 2. The van der Waals surface area contributed by atoms with E-state index in [4.69, 9.17) is 0 Å². The summed E-state index contributed by atoms with van der Waals surface area (Å²) in [7, 11) is 0. The van der Waals surface area contributed by atoms with Crippen molar-refractivity contribution in [1.82, 2.24) is 9.88 Å². The number of nitrogens with zero attached hydrogens (tertiary/aromatic N) is 2. The molecule has 2 amide bonds. The Hall–Kier alpha value is -1.43. The van der Waals surface area contributed by atoms with Crippen LogP contribution in [0.25, 0.3) is 0 Å². The van der Waals surface area contributed by atoms with E-state index in [9.17, 15) is 9.59 Å². The molecule has 0 atom stereocenters. The zero-order valence-corrected chi connectivity index (χ0v) is 16.1. The fourth-order valence-corrected chi connectivity index (χ4v) is 3.22. The third kappa shape index (κ3) is 8.43. The van der Waals surface area contributed by atoms with Crippen LogP contribution in [0.3, 0.4) is 0 Å². The summed E-state index contributed by atoms with van der Waals surface area (Å²) in [6, 6.07) is 0. The summed E-state index contributed by atoms with van der Waals surface area (Å²) < 4.78 is 0. The molecule has 0 fully saturated rings. The molecule has 24 heavy (non-hydrogen) atoms. The quantitative estimate of drug-likeness (QED) is 0.567. The van der Waals surface area contributed by atoms with E-state index >= 15 is 0 Å². The number of aryl methyl sites for hydroxylation is 1. The first-order valence-corrected chi connectivity index (χ1v) is 9.94. The van der Waals surface area contributed by atoms with Crippen LogP contribution >= 0.6 is 11.3 Å². The van der Waals surface area contributed by atoms with Gasteiger partial charge in [-0.15, -0.1) is 11.3 Å². The van der Waals surface area contributed by atoms with Gasteiger partial charge in [-0.25, -0.2) is 4.98 Å². The Morgan fingerprint density at radius 2 is 1.79 bits per heavy atom. The first-order chi connectivity index (χ1) is 11.6. The lowest BCUT2D eigenvalue weighted by molar-refractivity contribution is -0.134. The molecule has 1 N–H and O–H groups in total. The Kier molecular flexibility index (Phi) is 10.3. The Morgan fingerprint density at radius 3 is 2.38 bits per heavy atom. The van der Waals surface area contributed by atoms with Crippen molar-refractivity contribution < 1.29 is 9.59 Å². The highest BCUT2D eigenvalue weighted by atomic mass is 32.1. The first kappa shape index (κ1) is 20.6. The number of unbranched alkanes of at least 4 members (excludes halogenated alkanes) is 6. The molecular formula is C18H31N3O2S. The maximum Gasteiger partial charge on any atom is 0.245 e. The van der Waals surface area contributed by atoms with Gasteiger partial charge < -0.3 is 10.2 Å². The number of rotatable bonds is 12. The van der Waals surface area contributed by atoms with Crippen molar-refractivity contribution >= 4 is 28.3 Å². The lowest BCUT2D eigenvalue weighted by Gasteiger charge is -2.20. The standard InChI is InChI=1S/C18H31N3O2S/c1-4-6-7-8-9-10-11-12-17(23)21(5-2)13-16(22)20-18-19-15(3)14-24-18/h14H,4-13H2,1-3H3,(H,19,20,22). The molecule has 1 aromatic rings. The Bertz CT molecular complexity index is 502. The average molecular weight is 354 g/mol. The van der Waals surface area contributed by atoms with E-state index in [0.29, 0.717) is 18.1 Å². The monoisotopic (exact) mass is 353 g/mol. The van der Waals surface area contributed by atoms with Gasteiger partial charge in [-0.2, -0.15) is 0 Å². The number of thiazole rings is 1. The van der Waals surface area contributed by atoms with Gasteiger partial charge in [0.15, 0.2) is 5.13 Å². The van der Waals surface area contributed by atoms with E-state index in [-0.39, 0.29) is 18.4 Å². The van der Waals surface area contributed by atoms with E-state index in [0.717, 1.165) is 18.5 Å². The molecule has 1 heterocycles. The first-order valence-electron chi connectivity index (χ1n) is 9.06. The van der Waals surface area contributed by atoms with Gasteiger partial charge in [0.05, 0.1) is 12.2 Å². The van der Waals surface area contributed by atoms with Crippen LogP contribution in [-0.2, 0) is 9.59 Å². The average Bonchev–Trinajstić information content (AvgIpc) is 2.96. The van der Waals surface area contributed by atoms with Crippen LogP contribution in [-0.4, -0.2) is 34.8 Å². The van der Waals surface area contributed by atoms with Gasteiger partial charge in [0.2, 0.25) is 11.8 Å². The molecule has 0 radical (unpaired) electrons. The van der Waals surface area contributed by atoms with E-state index < -0.39 is 0 Å². The number of hydrogen-bond donors (Lipinski definition) is 1. The fourth-order valence-electron chi connectivity index (χ4n) is 2.51. The minimum Gasteiger partial charge on any atom is -0.334 e. The summed E-state index contributed by atoms with van der Waals surface area (Å²) in [5, 5.41) is 5.23. The summed E-state index contributed by atoms with van der Waals surface area (Å²) in [5.41, 5.74) is 0.887. The lowest BCUT2D eigenvalue weighted by Crippen LogP contribution is -2.37. The topological polar surface area (TPSA) is 62.3 Å². The van der Waals surface area contributed by atoms with Crippen LogP contribution in [0.4, 0.5) is 5.13 Å². The number of amides is 2. The van der Waals surface area contributed by atoms with Crippen molar-refractivity contribution in [3.8, 4) is 0 Å². The molecule has 0 spiro atoms. The van der Waals surface area contributed by atoms with Gasteiger partial charge >= 0.3 is 0 Å². The number of aromatic nitrogens is 1. The maximum absolute atomic E-state index is 12.2. The van der Waals surface area contributed by atoms with Crippen LogP contribution in [0, 0.1) is 6.92 Å². The van der Waals surface area contributed by atoms with Crippen molar-refractivity contribution in [2.75, 3.05) is 18.4 Å². The highest BCUT2D eigenvalue weighted by Gasteiger charge is 2.15. The van der Waals surface area contributed by atoms with Crippen LogP contribution in [0.2, 0.25) is 0 Å². The Balaban J connectivity index is 2.23. The third-order valence-corrected chi connectivity index (χ3v) is 4.80. The molecule has 1 aromatic heterocycles. The highest BCUT2D eigenvalue weighted by Crippen LogP contribution is 2.14. The van der Waals surface area contributed by atoms with Crippen molar-refractivity contribution in [3.05, 3.63) is 11.1 Å². The van der Waals surface area contributed by atoms with E-state index in [1.54, 1.807) is 4.90 Å². The van der Waals surface area contributed by atoms with Gasteiger partial charge in [0.1, 0.15) is 0 Å². The van der Waals surface area contributed by atoms with E-state index in [2.05, 4.69) is 17.2 Å². The molecule has 6 heteroatoms. The molecule has 0 aliphatic rings. The molecule has 0 unspecified atom stereocenters. The number of nitrogens with one attached hydrogen (secondary N) is 1. The lowest BCUT2D eigenvalue weighted by atomic mass is 10.1. The SMILES string of the molecule is CCCCCCCCCC(=O)N(CC)CC(=O)Nc1nc(C)cs1. The molecule has 1 rings (SSSR count). The van der Waals surface area contributed by atoms with E-state index in [1.807, 2.05) is 19.2 Å². The summed E-state index contributed by atoms with van der Waals surface area (Å²) in [6.07, 6.45) is 8.85. The Morgan fingerprint density at radius 1 is 1.12 bits per heavy atom. The second-order valence-electron chi connectivity index (χ2n) is 6.12. The van der Waals surface area contributed by atoms with Crippen molar-refractivity contribution in [3.63, 3.8) is 0 Å². The third-order valence-electron chi connectivity index (χ3n) is 3.93. The van der Waals surface area contributed by atoms with Crippen molar-refractivity contribution in [2.45, 2.75) is 72.1 Å². The van der Waals surface area contributed by atoms with Gasteiger partial charge in [0.25, 0.3) is 0 Å². The smallest absolute Gasteiger partial charge is 0.245 e. The Labute approximate surface area is 149 Å². The number of hydrogen-bond acceptors (Lipinski definition) is 4. The normalized spacial score (nSPS) is 10.6. The minimum absolute atomic E-state index is 0.0662. The highest BCUT2D eigenvalue weighted by molar-refractivity contribution is 7.13. The molecule has 0 saturated carbocycles. The van der Waals surface area contributed by atoms with Crippen molar-refractivity contribution in [1.29, 1.82) is 0 Å². The van der Waals surface area contributed by atoms with Crippen LogP contribution in [0.15, 0.2) is 5.38 Å². The summed E-state index contributed by atoms with van der Waals surface area (Å²) in [5.74, 6) is -0.115. The zero-order chi connectivity index (χ0) is 17.8. The molecule has 0 bridgehead atoms. The second kappa shape index (κ2) is 12.0. The van der Waals surface area contributed by atoms with E-state index in [1.165, 1.54) is 43.4 Å². The van der Waals surface area contributed by atoms with Gasteiger partial charge in [0, 0.05) is 18.3 Å². The molecule has 0 aromatic carbocycles. The summed E-state index contributed by atoms with van der Waals surface area (Å²) in [6.45, 7) is 6.66.